The summed E-state index contributed by atoms with van der Waals surface area (Å²) in [5.74, 6) is -1.26. The normalized spacial score (nSPS) is 12.5. The predicted molar refractivity (Wildman–Crippen MR) is 107 cm³/mol. The molecule has 0 heterocycles. The molecule has 0 radical (unpaired) electrons. The Hall–Kier alpha value is -3.40. The molecule has 0 spiro atoms. The predicted octanol–water partition coefficient (Wildman–Crippen LogP) is 4.74. The molecule has 4 rings (SSSR count). The maximum Gasteiger partial charge on any atom is 0.303 e. The molecule has 0 unspecified atom stereocenters. The highest BCUT2D eigenvalue weighted by molar-refractivity contribution is 5.95. The van der Waals surface area contributed by atoms with Gasteiger partial charge in [-0.25, -0.2) is 0 Å². The Labute approximate surface area is 157 Å². The number of hydrogen-bond acceptors (Lipinski definition) is 2. The average molecular weight is 357 g/mol. The third-order valence-electron chi connectivity index (χ3n) is 4.82. The number of nitrogens with one attached hydrogen (secondary N) is 1. The quantitative estimate of drug-likeness (QED) is 0.693. The number of carbonyl (C=O) groups excluding carboxylic acids is 1. The van der Waals surface area contributed by atoms with Crippen molar-refractivity contribution in [2.75, 3.05) is 5.32 Å². The van der Waals surface area contributed by atoms with Crippen LogP contribution < -0.4 is 5.32 Å². The van der Waals surface area contributed by atoms with Gasteiger partial charge in [0.15, 0.2) is 0 Å². The Morgan fingerprint density at radius 1 is 0.926 bits per heavy atom. The average Bonchev–Trinajstić information content (AvgIpc) is 3.08. The first kappa shape index (κ1) is 17.0. The number of rotatable bonds is 5. The van der Waals surface area contributed by atoms with Crippen molar-refractivity contribution in [3.63, 3.8) is 0 Å². The van der Waals surface area contributed by atoms with Gasteiger partial charge in [-0.15, -0.1) is 0 Å². The lowest BCUT2D eigenvalue weighted by Gasteiger charge is -2.07. The maximum absolute atomic E-state index is 11.7. The van der Waals surface area contributed by atoms with E-state index in [1.54, 1.807) is 0 Å². The van der Waals surface area contributed by atoms with Crippen molar-refractivity contribution in [3.8, 4) is 0 Å². The largest absolute Gasteiger partial charge is 0.481 e. The summed E-state index contributed by atoms with van der Waals surface area (Å²) in [4.78, 5) is 22.3. The zero-order valence-electron chi connectivity index (χ0n) is 14.7. The monoisotopic (exact) mass is 357 g/mol. The van der Waals surface area contributed by atoms with Crippen LogP contribution in [0.25, 0.3) is 22.4 Å². The van der Waals surface area contributed by atoms with Gasteiger partial charge in [-0.3, -0.25) is 9.59 Å². The van der Waals surface area contributed by atoms with Crippen molar-refractivity contribution >= 4 is 40.0 Å². The first-order valence-corrected chi connectivity index (χ1v) is 8.93. The molecule has 0 fully saturated rings. The summed E-state index contributed by atoms with van der Waals surface area (Å²) in [6, 6.07) is 20.6. The van der Waals surface area contributed by atoms with Gasteiger partial charge in [0, 0.05) is 12.1 Å². The lowest BCUT2D eigenvalue weighted by atomic mass is 10.0. The number of carboxylic acid groups (broad SMARTS) is 1. The molecule has 3 aromatic carbocycles. The minimum atomic E-state index is -0.971. The number of aliphatic carboxylic acids is 1. The fraction of sp³-hybridized carbons (Fsp3) is 0.130. The minimum Gasteiger partial charge on any atom is -0.481 e. The van der Waals surface area contributed by atoms with Crippen LogP contribution in [0.1, 0.15) is 29.5 Å². The van der Waals surface area contributed by atoms with Crippen molar-refractivity contribution in [1.82, 2.24) is 0 Å². The molecule has 27 heavy (non-hydrogen) atoms. The number of benzene rings is 3. The highest BCUT2D eigenvalue weighted by Crippen LogP contribution is 2.34. The molecule has 3 aromatic rings. The van der Waals surface area contributed by atoms with Gasteiger partial charge >= 0.3 is 5.97 Å². The highest BCUT2D eigenvalue weighted by Gasteiger charge is 2.15. The van der Waals surface area contributed by atoms with Crippen molar-refractivity contribution in [3.05, 3.63) is 77.4 Å². The van der Waals surface area contributed by atoms with Crippen LogP contribution in [0.15, 0.2) is 60.7 Å². The molecule has 0 saturated heterocycles. The molecule has 0 aliphatic heterocycles. The van der Waals surface area contributed by atoms with Crippen molar-refractivity contribution in [2.24, 2.45) is 0 Å². The van der Waals surface area contributed by atoms with E-state index in [1.165, 1.54) is 27.5 Å². The summed E-state index contributed by atoms with van der Waals surface area (Å²) in [5.41, 5.74) is 5.64. The summed E-state index contributed by atoms with van der Waals surface area (Å²) >= 11 is 0. The van der Waals surface area contributed by atoms with E-state index in [-0.39, 0.29) is 18.7 Å². The Morgan fingerprint density at radius 3 is 2.33 bits per heavy atom. The van der Waals surface area contributed by atoms with Crippen molar-refractivity contribution in [1.29, 1.82) is 0 Å². The molecule has 0 atom stereocenters. The zero-order chi connectivity index (χ0) is 18.8. The molecule has 1 amide bonds. The summed E-state index contributed by atoms with van der Waals surface area (Å²) in [5, 5.41) is 13.9. The van der Waals surface area contributed by atoms with Crippen LogP contribution >= 0.6 is 0 Å². The number of anilines is 1. The first-order chi connectivity index (χ1) is 13.1. The Morgan fingerprint density at radius 2 is 1.63 bits per heavy atom. The molecule has 0 aromatic heterocycles. The summed E-state index contributed by atoms with van der Waals surface area (Å²) < 4.78 is 0. The van der Waals surface area contributed by atoms with Gasteiger partial charge in [0.25, 0.3) is 0 Å². The highest BCUT2D eigenvalue weighted by atomic mass is 16.4. The summed E-state index contributed by atoms with van der Waals surface area (Å²) in [6.45, 7) is 0. The van der Waals surface area contributed by atoms with Crippen LogP contribution in [0, 0.1) is 0 Å². The molecular weight excluding hydrogens is 338 g/mol. The van der Waals surface area contributed by atoms with Crippen LogP contribution in [-0.2, 0) is 16.0 Å². The molecule has 1 aliphatic rings. The number of carboxylic acids is 1. The van der Waals surface area contributed by atoms with Gasteiger partial charge in [0.2, 0.25) is 5.91 Å². The second kappa shape index (κ2) is 7.08. The number of carbonyl (C=O) groups is 2. The molecule has 4 heteroatoms. The fourth-order valence-electron chi connectivity index (χ4n) is 3.43. The number of hydrogen-bond donors (Lipinski definition) is 2. The topological polar surface area (TPSA) is 66.4 Å². The van der Waals surface area contributed by atoms with E-state index in [0.29, 0.717) is 5.69 Å². The van der Waals surface area contributed by atoms with Gasteiger partial charge < -0.3 is 10.4 Å². The second-order valence-electron chi connectivity index (χ2n) is 6.76. The Balaban J connectivity index is 1.48. The second-order valence-corrected chi connectivity index (χ2v) is 6.76. The van der Waals surface area contributed by atoms with Crippen molar-refractivity contribution in [2.45, 2.75) is 19.3 Å². The first-order valence-electron chi connectivity index (χ1n) is 8.93. The molecule has 4 nitrogen and oxygen atoms in total. The van der Waals surface area contributed by atoms with E-state index in [0.717, 1.165) is 12.0 Å². The van der Waals surface area contributed by atoms with E-state index in [1.807, 2.05) is 24.3 Å². The Bertz CT molecular complexity index is 1060. The number of amides is 1. The molecule has 0 saturated carbocycles. The molecular formula is C23H19NO3. The van der Waals surface area contributed by atoms with Crippen molar-refractivity contribution < 1.29 is 14.7 Å². The smallest absolute Gasteiger partial charge is 0.303 e. The van der Waals surface area contributed by atoms with Crippen LogP contribution in [0.2, 0.25) is 0 Å². The van der Waals surface area contributed by atoms with Crippen LogP contribution in [0.3, 0.4) is 0 Å². The van der Waals surface area contributed by atoms with E-state index in [9.17, 15) is 9.59 Å². The Kier molecular flexibility index (Phi) is 4.47. The van der Waals surface area contributed by atoms with Crippen LogP contribution in [0.4, 0.5) is 5.69 Å². The van der Waals surface area contributed by atoms with E-state index in [4.69, 9.17) is 5.11 Å². The fourth-order valence-corrected chi connectivity index (χ4v) is 3.43. The standard InChI is InChI=1S/C23H19NO3/c25-22(9-10-23(26)27)24-21-7-5-15(6-8-21)18-13-19-11-16-3-1-2-4-17(16)12-20(19)14-18/h1-8,11-13H,9-10,14H2,(H,24,25)(H,26,27). The molecule has 134 valence electrons. The summed E-state index contributed by atoms with van der Waals surface area (Å²) in [6.07, 6.45) is 2.93. The van der Waals surface area contributed by atoms with Crippen LogP contribution in [0.5, 0.6) is 0 Å². The number of fused-ring (bicyclic) bond motifs is 2. The van der Waals surface area contributed by atoms with E-state index >= 15 is 0 Å². The lowest BCUT2D eigenvalue weighted by Crippen LogP contribution is -2.13. The molecule has 1 aliphatic carbocycles. The summed E-state index contributed by atoms with van der Waals surface area (Å²) in [7, 11) is 0. The molecule has 0 bridgehead atoms. The van der Waals surface area contributed by atoms with E-state index < -0.39 is 5.97 Å². The van der Waals surface area contributed by atoms with Gasteiger partial charge in [-0.1, -0.05) is 48.5 Å². The maximum atomic E-state index is 11.7. The third-order valence-corrected chi connectivity index (χ3v) is 4.82. The zero-order valence-corrected chi connectivity index (χ0v) is 14.7. The van der Waals surface area contributed by atoms with E-state index in [2.05, 4.69) is 47.8 Å². The van der Waals surface area contributed by atoms with Gasteiger partial charge in [0.1, 0.15) is 0 Å². The third kappa shape index (κ3) is 3.75. The van der Waals surface area contributed by atoms with Gasteiger partial charge in [-0.2, -0.15) is 0 Å². The molecule has 2 N–H and O–H groups in total. The SMILES string of the molecule is O=C(O)CCC(=O)Nc1ccc(C2=Cc3cc4ccccc4cc3C2)cc1. The van der Waals surface area contributed by atoms with Gasteiger partial charge in [0.05, 0.1) is 6.42 Å². The van der Waals surface area contributed by atoms with Crippen LogP contribution in [-0.4, -0.2) is 17.0 Å². The number of allylic oxidation sites excluding steroid dienone is 1. The lowest BCUT2D eigenvalue weighted by molar-refractivity contribution is -0.138. The minimum absolute atomic E-state index is 0.0227. The van der Waals surface area contributed by atoms with Gasteiger partial charge in [-0.05, 0) is 57.7 Å².